The van der Waals surface area contributed by atoms with E-state index in [1.807, 2.05) is 31.4 Å². The summed E-state index contributed by atoms with van der Waals surface area (Å²) in [5.74, 6) is -0.0521. The first-order valence-electron chi connectivity index (χ1n) is 6.51. The summed E-state index contributed by atoms with van der Waals surface area (Å²) in [6, 6.07) is 7.40. The molecular weight excluding hydrogens is 272 g/mol. The second-order valence-corrected chi connectivity index (χ2v) is 5.73. The van der Waals surface area contributed by atoms with Crippen molar-refractivity contribution in [1.29, 1.82) is 0 Å². The van der Waals surface area contributed by atoms with Gasteiger partial charge in [-0.1, -0.05) is 19.1 Å². The molecule has 1 heterocycles. The van der Waals surface area contributed by atoms with Crippen LogP contribution in [0.1, 0.15) is 23.0 Å². The number of aryl methyl sites for hydroxylation is 1. The van der Waals surface area contributed by atoms with Crippen molar-refractivity contribution in [3.63, 3.8) is 0 Å². The van der Waals surface area contributed by atoms with E-state index < -0.39 is 0 Å². The van der Waals surface area contributed by atoms with Gasteiger partial charge in [-0.2, -0.15) is 0 Å². The molecule has 0 aliphatic carbocycles. The minimum Gasteiger partial charge on any atom is -0.396 e. The van der Waals surface area contributed by atoms with E-state index in [9.17, 15) is 4.79 Å². The van der Waals surface area contributed by atoms with Crippen molar-refractivity contribution in [2.45, 2.75) is 13.8 Å². The first-order valence-corrected chi connectivity index (χ1v) is 7.39. The molecular formula is C15H18N2O2S. The highest BCUT2D eigenvalue weighted by molar-refractivity contribution is 7.13. The summed E-state index contributed by atoms with van der Waals surface area (Å²) < 4.78 is 0. The van der Waals surface area contributed by atoms with E-state index in [0.717, 1.165) is 16.3 Å². The number of nitrogens with one attached hydrogen (secondary N) is 1. The van der Waals surface area contributed by atoms with Gasteiger partial charge in [0.15, 0.2) is 0 Å². The lowest BCUT2D eigenvalue weighted by atomic mass is 10.1. The smallest absolute Gasteiger partial charge is 0.251 e. The Labute approximate surface area is 122 Å². The highest BCUT2D eigenvalue weighted by Gasteiger charge is 2.08. The molecule has 5 heteroatoms. The minimum atomic E-state index is -0.118. The normalized spacial score (nSPS) is 12.2. The third-order valence-electron chi connectivity index (χ3n) is 2.94. The standard InChI is InChI=1S/C15H18N2O2S/c1-10(8-18)7-16-14(19)12-3-5-13(6-4-12)15-17-11(2)9-20-15/h3-6,9-10,18H,7-8H2,1-2H3,(H,16,19). The molecule has 2 aromatic rings. The molecule has 1 aromatic carbocycles. The first kappa shape index (κ1) is 14.7. The van der Waals surface area contributed by atoms with Gasteiger partial charge in [-0.3, -0.25) is 4.79 Å². The van der Waals surface area contributed by atoms with E-state index in [1.54, 1.807) is 23.5 Å². The van der Waals surface area contributed by atoms with Gasteiger partial charge >= 0.3 is 0 Å². The summed E-state index contributed by atoms with van der Waals surface area (Å²) in [5, 5.41) is 14.7. The summed E-state index contributed by atoms with van der Waals surface area (Å²) >= 11 is 1.59. The predicted octanol–water partition coefficient (Wildman–Crippen LogP) is 2.48. The minimum absolute atomic E-state index is 0.0662. The monoisotopic (exact) mass is 290 g/mol. The number of aromatic nitrogens is 1. The molecule has 2 rings (SSSR count). The fourth-order valence-electron chi connectivity index (χ4n) is 1.68. The number of amides is 1. The molecule has 0 fully saturated rings. The molecule has 0 saturated carbocycles. The number of aliphatic hydroxyl groups is 1. The molecule has 20 heavy (non-hydrogen) atoms. The second kappa shape index (κ2) is 6.63. The molecule has 1 amide bonds. The van der Waals surface area contributed by atoms with Crippen molar-refractivity contribution >= 4 is 17.2 Å². The zero-order chi connectivity index (χ0) is 14.5. The van der Waals surface area contributed by atoms with Gasteiger partial charge in [0.25, 0.3) is 5.91 Å². The lowest BCUT2D eigenvalue weighted by molar-refractivity contribution is 0.0942. The molecule has 0 saturated heterocycles. The van der Waals surface area contributed by atoms with E-state index in [2.05, 4.69) is 10.3 Å². The number of thiazole rings is 1. The van der Waals surface area contributed by atoms with Gasteiger partial charge in [0, 0.05) is 35.4 Å². The Morgan fingerprint density at radius 3 is 2.65 bits per heavy atom. The van der Waals surface area contributed by atoms with Crippen LogP contribution >= 0.6 is 11.3 Å². The summed E-state index contributed by atoms with van der Waals surface area (Å²) in [6.45, 7) is 4.39. The Kier molecular flexibility index (Phi) is 4.87. The number of aliphatic hydroxyl groups excluding tert-OH is 1. The number of benzene rings is 1. The van der Waals surface area contributed by atoms with Crippen LogP contribution in [0.2, 0.25) is 0 Å². The summed E-state index contributed by atoms with van der Waals surface area (Å²) in [7, 11) is 0. The quantitative estimate of drug-likeness (QED) is 0.889. The topological polar surface area (TPSA) is 62.2 Å². The van der Waals surface area contributed by atoms with Crippen LogP contribution in [0.25, 0.3) is 10.6 Å². The van der Waals surface area contributed by atoms with Crippen molar-refractivity contribution in [2.24, 2.45) is 5.92 Å². The average Bonchev–Trinajstić information content (AvgIpc) is 2.91. The molecule has 0 radical (unpaired) electrons. The molecule has 0 spiro atoms. The van der Waals surface area contributed by atoms with E-state index >= 15 is 0 Å². The zero-order valence-electron chi connectivity index (χ0n) is 11.6. The van der Waals surface area contributed by atoms with Gasteiger partial charge in [-0.25, -0.2) is 4.98 Å². The molecule has 0 aliphatic heterocycles. The Morgan fingerprint density at radius 2 is 2.10 bits per heavy atom. The van der Waals surface area contributed by atoms with Crippen LogP contribution in [0.4, 0.5) is 0 Å². The van der Waals surface area contributed by atoms with Gasteiger partial charge in [0.05, 0.1) is 0 Å². The molecule has 1 aromatic heterocycles. The van der Waals surface area contributed by atoms with Crippen molar-refractivity contribution in [3.8, 4) is 10.6 Å². The van der Waals surface area contributed by atoms with Crippen molar-refractivity contribution in [3.05, 3.63) is 40.9 Å². The number of hydrogen-bond donors (Lipinski definition) is 2. The number of carbonyl (C=O) groups excluding carboxylic acids is 1. The van der Waals surface area contributed by atoms with E-state index in [1.165, 1.54) is 0 Å². The van der Waals surface area contributed by atoms with Gasteiger partial charge in [0.2, 0.25) is 0 Å². The maximum absolute atomic E-state index is 11.9. The van der Waals surface area contributed by atoms with E-state index in [4.69, 9.17) is 5.11 Å². The van der Waals surface area contributed by atoms with E-state index in [-0.39, 0.29) is 18.4 Å². The second-order valence-electron chi connectivity index (χ2n) is 4.87. The summed E-state index contributed by atoms with van der Waals surface area (Å²) in [4.78, 5) is 16.3. The SMILES string of the molecule is Cc1csc(-c2ccc(C(=O)NCC(C)CO)cc2)n1. The van der Waals surface area contributed by atoms with Crippen LogP contribution in [0.15, 0.2) is 29.6 Å². The molecule has 0 aliphatic rings. The number of rotatable bonds is 5. The maximum atomic E-state index is 11.9. The first-order chi connectivity index (χ1) is 9.60. The number of nitrogens with zero attached hydrogens (tertiary/aromatic N) is 1. The fraction of sp³-hybridized carbons (Fsp3) is 0.333. The van der Waals surface area contributed by atoms with Crippen LogP contribution in [-0.2, 0) is 0 Å². The molecule has 106 valence electrons. The van der Waals surface area contributed by atoms with Crippen LogP contribution in [0, 0.1) is 12.8 Å². The molecule has 0 bridgehead atoms. The van der Waals surface area contributed by atoms with Crippen LogP contribution < -0.4 is 5.32 Å². The maximum Gasteiger partial charge on any atom is 0.251 e. The number of carbonyl (C=O) groups is 1. The van der Waals surface area contributed by atoms with Gasteiger partial charge in [0.1, 0.15) is 5.01 Å². The number of hydrogen-bond acceptors (Lipinski definition) is 4. The van der Waals surface area contributed by atoms with Gasteiger partial charge < -0.3 is 10.4 Å². The lowest BCUT2D eigenvalue weighted by Gasteiger charge is -2.09. The molecule has 4 nitrogen and oxygen atoms in total. The Bertz CT molecular complexity index is 578. The van der Waals surface area contributed by atoms with E-state index in [0.29, 0.717) is 12.1 Å². The molecule has 1 unspecified atom stereocenters. The fourth-order valence-corrected chi connectivity index (χ4v) is 2.49. The Hall–Kier alpha value is -1.72. The summed E-state index contributed by atoms with van der Waals surface area (Å²) in [5.41, 5.74) is 2.64. The zero-order valence-corrected chi connectivity index (χ0v) is 12.4. The highest BCUT2D eigenvalue weighted by Crippen LogP contribution is 2.23. The summed E-state index contributed by atoms with van der Waals surface area (Å²) in [6.07, 6.45) is 0. The average molecular weight is 290 g/mol. The largest absolute Gasteiger partial charge is 0.396 e. The molecule has 1 atom stereocenters. The molecule has 2 N–H and O–H groups in total. The van der Waals surface area contributed by atoms with Crippen molar-refractivity contribution < 1.29 is 9.90 Å². The predicted molar refractivity (Wildman–Crippen MR) is 80.9 cm³/mol. The van der Waals surface area contributed by atoms with Gasteiger partial charge in [-0.05, 0) is 25.0 Å². The van der Waals surface area contributed by atoms with Gasteiger partial charge in [-0.15, -0.1) is 11.3 Å². The third-order valence-corrected chi connectivity index (χ3v) is 3.95. The van der Waals surface area contributed by atoms with Crippen molar-refractivity contribution in [1.82, 2.24) is 10.3 Å². The Balaban J connectivity index is 2.02. The highest BCUT2D eigenvalue weighted by atomic mass is 32.1. The third kappa shape index (κ3) is 3.65. The lowest BCUT2D eigenvalue weighted by Crippen LogP contribution is -2.29. The van der Waals surface area contributed by atoms with Crippen LogP contribution in [0.5, 0.6) is 0 Å². The van der Waals surface area contributed by atoms with Crippen molar-refractivity contribution in [2.75, 3.05) is 13.2 Å². The Morgan fingerprint density at radius 1 is 1.40 bits per heavy atom. The van der Waals surface area contributed by atoms with Crippen LogP contribution in [0.3, 0.4) is 0 Å². The van der Waals surface area contributed by atoms with Crippen LogP contribution in [-0.4, -0.2) is 29.1 Å².